The molecule has 1 atom stereocenters. The molecule has 2 N–H and O–H groups in total. The normalized spacial score (nSPS) is 18.0. The molecule has 1 amide bonds. The van der Waals surface area contributed by atoms with Gasteiger partial charge in [0.25, 0.3) is 5.91 Å². The number of aliphatic hydroxyl groups is 1. The number of carbonyl (C=O) groups is 1. The minimum Gasteiger partial charge on any atom is -0.494 e. The third kappa shape index (κ3) is 4.75. The van der Waals surface area contributed by atoms with Crippen LogP contribution in [-0.2, 0) is 25.2 Å². The highest BCUT2D eigenvalue weighted by Gasteiger charge is 2.47. The van der Waals surface area contributed by atoms with Gasteiger partial charge in [-0.05, 0) is 51.9 Å². The number of rotatable bonds is 8. The molecule has 0 spiro atoms. The molecule has 1 aliphatic heterocycles. The molecule has 3 aromatic heterocycles. The smallest absolute Gasteiger partial charge is 0.255 e. The summed E-state index contributed by atoms with van der Waals surface area (Å²) in [6.45, 7) is 5.86. The van der Waals surface area contributed by atoms with Gasteiger partial charge in [0.15, 0.2) is 11.6 Å². The standard InChI is InChI=1S/C27H32FN9O3/c1-16-11-36(33-30-16)22-5-6-23(40-4)24(28)20(22)10-29-26(38)21-15-35(32-25(21)27(39)7-8-27)13-18-9-19-14-34(3)12-17(2)37(19)31-18/h5-6,9,11,15,17,39H,7-8,10,12-14H2,1-4H3,(H,29,38). The summed E-state index contributed by atoms with van der Waals surface area (Å²) in [5.74, 6) is -1.02. The lowest BCUT2D eigenvalue weighted by molar-refractivity contribution is 0.0936. The van der Waals surface area contributed by atoms with Crippen LogP contribution in [0.3, 0.4) is 0 Å². The van der Waals surface area contributed by atoms with E-state index in [1.54, 1.807) is 30.1 Å². The third-order valence-electron chi connectivity index (χ3n) is 7.47. The Balaban J connectivity index is 1.26. The van der Waals surface area contributed by atoms with Gasteiger partial charge in [0.2, 0.25) is 0 Å². The number of carbonyl (C=O) groups excluding carboxylic acids is 1. The van der Waals surface area contributed by atoms with Crippen molar-refractivity contribution < 1.29 is 19.0 Å². The Hall–Kier alpha value is -4.10. The first kappa shape index (κ1) is 26.1. The summed E-state index contributed by atoms with van der Waals surface area (Å²) >= 11 is 0. The summed E-state index contributed by atoms with van der Waals surface area (Å²) in [4.78, 5) is 15.7. The molecule has 0 saturated heterocycles. The second-order valence-corrected chi connectivity index (χ2v) is 10.8. The number of amides is 1. The highest BCUT2D eigenvalue weighted by atomic mass is 19.1. The van der Waals surface area contributed by atoms with Crippen molar-refractivity contribution in [2.75, 3.05) is 20.7 Å². The molecule has 210 valence electrons. The Morgan fingerprint density at radius 1 is 1.27 bits per heavy atom. The number of benzene rings is 1. The number of halogens is 1. The van der Waals surface area contributed by atoms with Crippen LogP contribution in [0.1, 0.15) is 64.5 Å². The molecule has 12 nitrogen and oxygen atoms in total. The van der Waals surface area contributed by atoms with Crippen LogP contribution in [0, 0.1) is 12.7 Å². The van der Waals surface area contributed by atoms with Crippen LogP contribution in [0.4, 0.5) is 4.39 Å². The maximum Gasteiger partial charge on any atom is 0.255 e. The molecule has 1 aromatic carbocycles. The largest absolute Gasteiger partial charge is 0.494 e. The molecule has 1 aliphatic carbocycles. The molecule has 4 heterocycles. The van der Waals surface area contributed by atoms with E-state index >= 15 is 4.39 Å². The third-order valence-corrected chi connectivity index (χ3v) is 7.47. The van der Waals surface area contributed by atoms with Gasteiger partial charge in [0.05, 0.1) is 54.2 Å². The van der Waals surface area contributed by atoms with E-state index in [0.29, 0.717) is 36.5 Å². The number of aryl methyl sites for hydroxylation is 1. The van der Waals surface area contributed by atoms with Crippen LogP contribution < -0.4 is 10.1 Å². The van der Waals surface area contributed by atoms with Gasteiger partial charge in [-0.2, -0.15) is 10.2 Å². The van der Waals surface area contributed by atoms with E-state index in [0.717, 1.165) is 24.5 Å². The lowest BCUT2D eigenvalue weighted by atomic mass is 10.1. The maximum absolute atomic E-state index is 15.3. The molecule has 13 heteroatoms. The van der Waals surface area contributed by atoms with Crippen LogP contribution in [-0.4, -0.2) is 71.2 Å². The van der Waals surface area contributed by atoms with E-state index in [1.165, 1.54) is 17.9 Å². The van der Waals surface area contributed by atoms with Gasteiger partial charge >= 0.3 is 0 Å². The highest BCUT2D eigenvalue weighted by Crippen LogP contribution is 2.45. The fourth-order valence-corrected chi connectivity index (χ4v) is 5.33. The lowest BCUT2D eigenvalue weighted by Gasteiger charge is -2.28. The zero-order valence-corrected chi connectivity index (χ0v) is 22.9. The molecule has 6 rings (SSSR count). The number of aromatic nitrogens is 7. The molecule has 1 unspecified atom stereocenters. The first-order chi connectivity index (χ1) is 19.1. The zero-order valence-electron chi connectivity index (χ0n) is 22.9. The van der Waals surface area contributed by atoms with E-state index in [-0.39, 0.29) is 29.5 Å². The van der Waals surface area contributed by atoms with Crippen molar-refractivity contribution in [1.82, 2.24) is 44.8 Å². The summed E-state index contributed by atoms with van der Waals surface area (Å²) in [6.07, 6.45) is 4.34. The van der Waals surface area contributed by atoms with Gasteiger partial charge in [-0.15, -0.1) is 5.10 Å². The molecule has 0 bridgehead atoms. The Bertz CT molecular complexity index is 1590. The number of hydrogen-bond donors (Lipinski definition) is 2. The fourth-order valence-electron chi connectivity index (χ4n) is 5.33. The van der Waals surface area contributed by atoms with Crippen LogP contribution >= 0.6 is 0 Å². The quantitative estimate of drug-likeness (QED) is 0.342. The topological polar surface area (TPSA) is 128 Å². The van der Waals surface area contributed by atoms with Crippen molar-refractivity contribution in [3.05, 3.63) is 70.3 Å². The minimum atomic E-state index is -1.15. The van der Waals surface area contributed by atoms with Crippen LogP contribution in [0.25, 0.3) is 5.69 Å². The molecule has 40 heavy (non-hydrogen) atoms. The van der Waals surface area contributed by atoms with Crippen molar-refractivity contribution in [1.29, 1.82) is 0 Å². The monoisotopic (exact) mass is 549 g/mol. The first-order valence-corrected chi connectivity index (χ1v) is 13.2. The van der Waals surface area contributed by atoms with Gasteiger partial charge in [-0.3, -0.25) is 19.1 Å². The van der Waals surface area contributed by atoms with Crippen LogP contribution in [0.15, 0.2) is 30.6 Å². The Morgan fingerprint density at radius 3 is 2.77 bits per heavy atom. The van der Waals surface area contributed by atoms with Crippen molar-refractivity contribution >= 4 is 5.91 Å². The Morgan fingerprint density at radius 2 is 2.08 bits per heavy atom. The number of nitrogens with zero attached hydrogens (tertiary/aromatic N) is 8. The van der Waals surface area contributed by atoms with E-state index in [9.17, 15) is 9.90 Å². The molecule has 1 saturated carbocycles. The van der Waals surface area contributed by atoms with Crippen LogP contribution in [0.5, 0.6) is 5.75 Å². The van der Waals surface area contributed by atoms with E-state index in [2.05, 4.69) is 45.7 Å². The maximum atomic E-state index is 15.3. The summed E-state index contributed by atoms with van der Waals surface area (Å²) in [6, 6.07) is 5.48. The number of ether oxygens (including phenoxy) is 1. The zero-order chi connectivity index (χ0) is 28.2. The molecule has 1 fully saturated rings. The fraction of sp³-hybridized carbons (Fsp3) is 0.444. The number of methoxy groups -OCH3 is 1. The number of hydrogen-bond acceptors (Lipinski definition) is 8. The molecule has 0 radical (unpaired) electrons. The Kier molecular flexibility index (Phi) is 6.42. The molecular weight excluding hydrogens is 517 g/mol. The number of fused-ring (bicyclic) bond motifs is 1. The van der Waals surface area contributed by atoms with Crippen molar-refractivity contribution in [3.63, 3.8) is 0 Å². The average Bonchev–Trinajstić information content (AvgIpc) is 3.26. The molecule has 4 aromatic rings. The summed E-state index contributed by atoms with van der Waals surface area (Å²) in [7, 11) is 3.47. The van der Waals surface area contributed by atoms with Gasteiger partial charge < -0.3 is 15.2 Å². The minimum absolute atomic E-state index is 0.0499. The Labute approximate surface area is 230 Å². The van der Waals surface area contributed by atoms with Crippen molar-refractivity contribution in [3.8, 4) is 11.4 Å². The number of likely N-dealkylation sites (N-methyl/N-ethyl adjacent to an activating group) is 1. The van der Waals surface area contributed by atoms with Crippen molar-refractivity contribution in [2.45, 2.75) is 58.0 Å². The predicted molar refractivity (Wildman–Crippen MR) is 142 cm³/mol. The van der Waals surface area contributed by atoms with E-state index in [1.807, 2.05) is 4.68 Å². The molecule has 2 aliphatic rings. The SMILES string of the molecule is COc1ccc(-n2cc(C)nn2)c(CNC(=O)c2cn(Cc3cc4n(n3)C(C)CN(C)C4)nc2C2(O)CC2)c1F. The summed E-state index contributed by atoms with van der Waals surface area (Å²) < 4.78 is 25.6. The van der Waals surface area contributed by atoms with E-state index in [4.69, 9.17) is 9.84 Å². The predicted octanol–water partition coefficient (Wildman–Crippen LogP) is 2.08. The second-order valence-electron chi connectivity index (χ2n) is 10.8. The lowest BCUT2D eigenvalue weighted by Crippen LogP contribution is -2.33. The number of nitrogens with one attached hydrogen (secondary N) is 1. The second kappa shape index (κ2) is 9.82. The van der Waals surface area contributed by atoms with Gasteiger partial charge in [0.1, 0.15) is 11.3 Å². The highest BCUT2D eigenvalue weighted by molar-refractivity contribution is 5.95. The van der Waals surface area contributed by atoms with E-state index < -0.39 is 17.3 Å². The average molecular weight is 550 g/mol. The first-order valence-electron chi connectivity index (χ1n) is 13.2. The summed E-state index contributed by atoms with van der Waals surface area (Å²) in [5, 5.41) is 31.1. The molecular formula is C27H32FN9O3. The van der Waals surface area contributed by atoms with Crippen molar-refractivity contribution in [2.24, 2.45) is 0 Å². The van der Waals surface area contributed by atoms with Crippen LogP contribution in [0.2, 0.25) is 0 Å². The van der Waals surface area contributed by atoms with Gasteiger partial charge in [-0.1, -0.05) is 5.21 Å². The summed E-state index contributed by atoms with van der Waals surface area (Å²) in [5.41, 5.74) is 2.67. The van der Waals surface area contributed by atoms with Gasteiger partial charge in [-0.25, -0.2) is 9.07 Å². The van der Waals surface area contributed by atoms with Gasteiger partial charge in [0, 0.05) is 31.4 Å².